The largest absolute Gasteiger partial charge is 0.394 e. The Morgan fingerprint density at radius 2 is 1.93 bits per heavy atom. The van der Waals surface area contributed by atoms with Gasteiger partial charge in [-0.05, 0) is 23.3 Å². The number of alkyl halides is 1. The molecule has 4 rings (SSSR count). The number of anilines is 1. The average molecular weight is 369 g/mol. The number of hydrogen-bond acceptors (Lipinski definition) is 6. The molecule has 4 atom stereocenters. The molecular formula is C20H20FN3O3. The van der Waals surface area contributed by atoms with Crippen LogP contribution in [-0.2, 0) is 11.3 Å². The molecule has 1 fully saturated rings. The summed E-state index contributed by atoms with van der Waals surface area (Å²) in [6, 6.07) is 15.2. The number of fused-ring (bicyclic) bond motifs is 1. The lowest BCUT2D eigenvalue weighted by atomic mass is 10.0. The highest BCUT2D eigenvalue weighted by atomic mass is 19.1. The van der Waals surface area contributed by atoms with Gasteiger partial charge in [0.15, 0.2) is 6.17 Å². The molecule has 0 amide bonds. The van der Waals surface area contributed by atoms with Gasteiger partial charge < -0.3 is 20.3 Å². The van der Waals surface area contributed by atoms with E-state index >= 15 is 0 Å². The average Bonchev–Trinajstić information content (AvgIpc) is 3.01. The quantitative estimate of drug-likeness (QED) is 0.640. The van der Waals surface area contributed by atoms with Crippen LogP contribution in [0, 0.1) is 0 Å². The third-order valence-electron chi connectivity index (χ3n) is 4.79. The fourth-order valence-electron chi connectivity index (χ4n) is 3.32. The van der Waals surface area contributed by atoms with Crippen molar-refractivity contribution in [2.24, 2.45) is 0 Å². The standard InChI is InChI=1S/C20H20FN3O3/c21-17-18(26)16(10-25)27-19(17)13-6-7-14-15(8-13)23-11-24-20(14)22-9-12-4-2-1-3-5-12/h1-8,11,16-19,25-26H,9-10H2,(H,22,23,24)/t16-,17+,18-,19?/m1/s1. The molecule has 27 heavy (non-hydrogen) atoms. The van der Waals surface area contributed by atoms with E-state index in [0.717, 1.165) is 10.9 Å². The van der Waals surface area contributed by atoms with E-state index in [1.807, 2.05) is 36.4 Å². The molecule has 140 valence electrons. The van der Waals surface area contributed by atoms with Crippen LogP contribution < -0.4 is 5.32 Å². The number of ether oxygens (including phenoxy) is 1. The van der Waals surface area contributed by atoms with Gasteiger partial charge in [-0.3, -0.25) is 0 Å². The van der Waals surface area contributed by atoms with Crippen LogP contribution in [0.1, 0.15) is 17.2 Å². The first-order valence-corrected chi connectivity index (χ1v) is 8.78. The van der Waals surface area contributed by atoms with Gasteiger partial charge >= 0.3 is 0 Å². The summed E-state index contributed by atoms with van der Waals surface area (Å²) in [5.74, 6) is 0.688. The van der Waals surface area contributed by atoms with Crippen molar-refractivity contribution in [3.05, 3.63) is 66.0 Å². The number of nitrogens with zero attached hydrogens (tertiary/aromatic N) is 2. The second-order valence-electron chi connectivity index (χ2n) is 6.55. The molecule has 0 radical (unpaired) electrons. The second-order valence-corrected chi connectivity index (χ2v) is 6.55. The minimum Gasteiger partial charge on any atom is -0.394 e. The van der Waals surface area contributed by atoms with Gasteiger partial charge in [0.05, 0.1) is 12.1 Å². The maximum atomic E-state index is 14.4. The Hall–Kier alpha value is -2.61. The minimum absolute atomic E-state index is 0.429. The van der Waals surface area contributed by atoms with Crippen molar-refractivity contribution in [3.63, 3.8) is 0 Å². The highest BCUT2D eigenvalue weighted by Crippen LogP contribution is 2.37. The Morgan fingerprint density at radius 1 is 1.11 bits per heavy atom. The first kappa shape index (κ1) is 17.8. The van der Waals surface area contributed by atoms with Crippen molar-refractivity contribution in [2.45, 2.75) is 31.0 Å². The third-order valence-corrected chi connectivity index (χ3v) is 4.79. The molecular weight excluding hydrogens is 349 g/mol. The third kappa shape index (κ3) is 3.49. The Morgan fingerprint density at radius 3 is 2.67 bits per heavy atom. The van der Waals surface area contributed by atoms with Crippen LogP contribution in [0.3, 0.4) is 0 Å². The van der Waals surface area contributed by atoms with E-state index in [9.17, 15) is 14.6 Å². The molecule has 1 aliphatic rings. The number of benzene rings is 2. The molecule has 1 aliphatic heterocycles. The zero-order chi connectivity index (χ0) is 18.8. The number of rotatable bonds is 5. The number of nitrogens with one attached hydrogen (secondary N) is 1. The molecule has 0 saturated carbocycles. The first-order chi connectivity index (χ1) is 13.2. The molecule has 1 saturated heterocycles. The number of aliphatic hydroxyl groups excluding tert-OH is 2. The van der Waals surface area contributed by atoms with E-state index in [1.165, 1.54) is 6.33 Å². The summed E-state index contributed by atoms with van der Waals surface area (Å²) in [5.41, 5.74) is 2.35. The highest BCUT2D eigenvalue weighted by molar-refractivity contribution is 5.89. The predicted molar refractivity (Wildman–Crippen MR) is 98.9 cm³/mol. The van der Waals surface area contributed by atoms with Crippen LogP contribution in [0.4, 0.5) is 10.2 Å². The summed E-state index contributed by atoms with van der Waals surface area (Å²) in [6.07, 6.45) is -3.35. The van der Waals surface area contributed by atoms with E-state index in [1.54, 1.807) is 12.1 Å². The zero-order valence-corrected chi connectivity index (χ0v) is 14.5. The van der Waals surface area contributed by atoms with Crippen LogP contribution in [-0.4, -0.2) is 45.2 Å². The molecule has 0 aliphatic carbocycles. The maximum Gasteiger partial charge on any atom is 0.159 e. The van der Waals surface area contributed by atoms with Crippen molar-refractivity contribution in [2.75, 3.05) is 11.9 Å². The lowest BCUT2D eigenvalue weighted by Gasteiger charge is -2.15. The van der Waals surface area contributed by atoms with Crippen molar-refractivity contribution in [1.82, 2.24) is 9.97 Å². The zero-order valence-electron chi connectivity index (χ0n) is 14.5. The van der Waals surface area contributed by atoms with E-state index in [2.05, 4.69) is 15.3 Å². The van der Waals surface area contributed by atoms with E-state index in [0.29, 0.717) is 23.4 Å². The van der Waals surface area contributed by atoms with Gasteiger partial charge in [-0.15, -0.1) is 0 Å². The van der Waals surface area contributed by atoms with Crippen molar-refractivity contribution < 1.29 is 19.3 Å². The first-order valence-electron chi connectivity index (χ1n) is 8.78. The molecule has 0 bridgehead atoms. The Labute approximate surface area is 155 Å². The molecule has 6 nitrogen and oxygen atoms in total. The fourth-order valence-corrected chi connectivity index (χ4v) is 3.32. The highest BCUT2D eigenvalue weighted by Gasteiger charge is 2.44. The summed E-state index contributed by atoms with van der Waals surface area (Å²) < 4.78 is 19.8. The Bertz CT molecular complexity index is 925. The van der Waals surface area contributed by atoms with Gasteiger partial charge in [0.25, 0.3) is 0 Å². The summed E-state index contributed by atoms with van der Waals surface area (Å²) in [6.45, 7) is 0.193. The van der Waals surface area contributed by atoms with Crippen LogP contribution in [0.5, 0.6) is 0 Å². The molecule has 7 heteroatoms. The molecule has 3 N–H and O–H groups in total. The second kappa shape index (κ2) is 7.56. The molecule has 0 spiro atoms. The smallest absolute Gasteiger partial charge is 0.159 e. The number of aliphatic hydroxyl groups is 2. The number of aromatic nitrogens is 2. The Kier molecular flexibility index (Phi) is 4.98. The lowest BCUT2D eigenvalue weighted by molar-refractivity contribution is -0.0225. The summed E-state index contributed by atoms with van der Waals surface area (Å²) in [5, 5.41) is 23.1. The topological polar surface area (TPSA) is 87.5 Å². The van der Waals surface area contributed by atoms with Gasteiger partial charge in [-0.1, -0.05) is 36.4 Å². The lowest BCUT2D eigenvalue weighted by Crippen LogP contribution is -2.30. The number of hydrogen-bond donors (Lipinski definition) is 3. The normalized spacial score (nSPS) is 25.0. The van der Waals surface area contributed by atoms with Crippen molar-refractivity contribution >= 4 is 16.7 Å². The Balaban J connectivity index is 1.59. The van der Waals surface area contributed by atoms with Crippen LogP contribution in [0.15, 0.2) is 54.9 Å². The van der Waals surface area contributed by atoms with Gasteiger partial charge in [0.1, 0.15) is 30.5 Å². The number of halogens is 1. The van der Waals surface area contributed by atoms with E-state index in [4.69, 9.17) is 4.74 Å². The van der Waals surface area contributed by atoms with Gasteiger partial charge in [-0.25, -0.2) is 14.4 Å². The van der Waals surface area contributed by atoms with Crippen LogP contribution in [0.2, 0.25) is 0 Å². The monoisotopic (exact) mass is 369 g/mol. The molecule has 2 aromatic carbocycles. The minimum atomic E-state index is -1.60. The van der Waals surface area contributed by atoms with Crippen molar-refractivity contribution in [1.29, 1.82) is 0 Å². The van der Waals surface area contributed by atoms with Gasteiger partial charge in [0, 0.05) is 11.9 Å². The van der Waals surface area contributed by atoms with Crippen molar-refractivity contribution in [3.8, 4) is 0 Å². The summed E-state index contributed by atoms with van der Waals surface area (Å²) >= 11 is 0. The summed E-state index contributed by atoms with van der Waals surface area (Å²) in [4.78, 5) is 8.57. The van der Waals surface area contributed by atoms with E-state index in [-0.39, 0.29) is 0 Å². The van der Waals surface area contributed by atoms with Gasteiger partial charge in [0.2, 0.25) is 0 Å². The van der Waals surface area contributed by atoms with Crippen LogP contribution >= 0.6 is 0 Å². The maximum absolute atomic E-state index is 14.4. The SMILES string of the molecule is OC[C@H]1OC(c2ccc3c(NCc4ccccc4)ncnc3c2)[C@@H](F)[C@@H]1O. The van der Waals surface area contributed by atoms with E-state index < -0.39 is 31.1 Å². The van der Waals surface area contributed by atoms with Crippen LogP contribution in [0.25, 0.3) is 10.9 Å². The van der Waals surface area contributed by atoms with Gasteiger partial charge in [-0.2, -0.15) is 0 Å². The molecule has 3 aromatic rings. The summed E-state index contributed by atoms with van der Waals surface area (Å²) in [7, 11) is 0. The molecule has 2 heterocycles. The molecule has 1 unspecified atom stereocenters. The fraction of sp³-hybridized carbons (Fsp3) is 0.300. The predicted octanol–water partition coefficient (Wildman–Crippen LogP) is 2.37. The molecule has 1 aromatic heterocycles.